The van der Waals surface area contributed by atoms with Gasteiger partial charge in [0.15, 0.2) is 0 Å². The van der Waals surface area contributed by atoms with Gasteiger partial charge in [-0.25, -0.2) is 0 Å². The molecule has 0 heterocycles. The van der Waals surface area contributed by atoms with Crippen molar-refractivity contribution in [3.05, 3.63) is 0 Å². The summed E-state index contributed by atoms with van der Waals surface area (Å²) in [6, 6.07) is -2.26. The average molecular weight is 215 g/mol. The average Bonchev–Trinajstić information content (AvgIpc) is 1.96. The molecule has 5 nitrogen and oxygen atoms in total. The largest absolute Gasteiger partial charge is 0.481 e. The fourth-order valence-corrected chi connectivity index (χ4v) is 0.807. The molecular formula is C6H8F3NO4. The zero-order valence-electron chi connectivity index (χ0n) is 6.78. The molecule has 4 N–H and O–H groups in total. The first-order valence-electron chi connectivity index (χ1n) is 3.43. The van der Waals surface area contributed by atoms with Crippen LogP contribution < -0.4 is 5.73 Å². The maximum atomic E-state index is 12.1. The Morgan fingerprint density at radius 1 is 1.29 bits per heavy atom. The highest BCUT2D eigenvalue weighted by Gasteiger charge is 2.47. The van der Waals surface area contributed by atoms with Gasteiger partial charge in [-0.1, -0.05) is 0 Å². The van der Waals surface area contributed by atoms with Gasteiger partial charge in [-0.05, 0) is 0 Å². The third-order valence-electron chi connectivity index (χ3n) is 1.53. The quantitative estimate of drug-likeness (QED) is 0.615. The number of rotatable bonds is 4. The fourth-order valence-electron chi connectivity index (χ4n) is 0.807. The van der Waals surface area contributed by atoms with Crippen molar-refractivity contribution in [2.45, 2.75) is 18.6 Å². The van der Waals surface area contributed by atoms with Gasteiger partial charge in [0.05, 0.1) is 12.3 Å². The van der Waals surface area contributed by atoms with E-state index in [1.807, 2.05) is 0 Å². The van der Waals surface area contributed by atoms with E-state index in [1.165, 1.54) is 0 Å². The summed E-state index contributed by atoms with van der Waals surface area (Å²) in [5.74, 6) is -6.20. The Bertz CT molecular complexity index is 240. The monoisotopic (exact) mass is 215 g/mol. The fraction of sp³-hybridized carbons (Fsp3) is 0.667. The lowest BCUT2D eigenvalue weighted by Crippen LogP contribution is -2.46. The maximum Gasteiger partial charge on any atom is 0.394 e. The molecule has 0 aromatic rings. The molecule has 14 heavy (non-hydrogen) atoms. The van der Waals surface area contributed by atoms with Crippen LogP contribution in [-0.4, -0.2) is 34.4 Å². The maximum absolute atomic E-state index is 12.1. The van der Waals surface area contributed by atoms with Crippen LogP contribution in [0.2, 0.25) is 0 Å². The van der Waals surface area contributed by atoms with Crippen molar-refractivity contribution in [3.8, 4) is 0 Å². The topological polar surface area (TPSA) is 101 Å². The van der Waals surface area contributed by atoms with E-state index < -0.39 is 36.5 Å². The first-order valence-corrected chi connectivity index (χ1v) is 3.43. The number of hydrogen-bond acceptors (Lipinski definition) is 3. The van der Waals surface area contributed by atoms with Crippen molar-refractivity contribution in [1.82, 2.24) is 0 Å². The standard InChI is InChI=1S/C6H8F3NO4/c7-6(8,9)2(1-3(11)12)4(10)5(13)14/h2,4H,1,10H2,(H,11,12)(H,13,14)/t2-,4+/m1/s1. The summed E-state index contributed by atoms with van der Waals surface area (Å²) in [5.41, 5.74) is 4.71. The van der Waals surface area contributed by atoms with Gasteiger partial charge in [-0.2, -0.15) is 13.2 Å². The van der Waals surface area contributed by atoms with Crippen molar-refractivity contribution >= 4 is 11.9 Å². The molecule has 0 aromatic carbocycles. The molecule has 0 aliphatic carbocycles. The molecule has 0 fully saturated rings. The summed E-state index contributed by atoms with van der Waals surface area (Å²) in [6.07, 6.45) is -6.28. The second-order valence-corrected chi connectivity index (χ2v) is 2.61. The Morgan fingerprint density at radius 2 is 1.71 bits per heavy atom. The molecule has 2 atom stereocenters. The molecule has 0 radical (unpaired) electrons. The van der Waals surface area contributed by atoms with Crippen LogP contribution in [0.4, 0.5) is 13.2 Å². The smallest absolute Gasteiger partial charge is 0.394 e. The van der Waals surface area contributed by atoms with Gasteiger partial charge in [0.1, 0.15) is 6.04 Å². The van der Waals surface area contributed by atoms with Crippen LogP contribution in [0.1, 0.15) is 6.42 Å². The van der Waals surface area contributed by atoms with E-state index >= 15 is 0 Å². The predicted molar refractivity (Wildman–Crippen MR) is 37.4 cm³/mol. The summed E-state index contributed by atoms with van der Waals surface area (Å²) >= 11 is 0. The van der Waals surface area contributed by atoms with Gasteiger partial charge < -0.3 is 15.9 Å². The molecular weight excluding hydrogens is 207 g/mol. The number of halogens is 3. The molecule has 8 heteroatoms. The van der Waals surface area contributed by atoms with E-state index in [1.54, 1.807) is 0 Å². The van der Waals surface area contributed by atoms with Crippen LogP contribution >= 0.6 is 0 Å². The SMILES string of the molecule is N[C@H](C(=O)O)[C@@H](CC(=O)O)C(F)(F)F. The van der Waals surface area contributed by atoms with Crippen LogP contribution in [0, 0.1) is 5.92 Å². The zero-order valence-corrected chi connectivity index (χ0v) is 6.78. The number of carboxylic acids is 2. The van der Waals surface area contributed by atoms with E-state index in [0.717, 1.165) is 0 Å². The van der Waals surface area contributed by atoms with Gasteiger partial charge >= 0.3 is 18.1 Å². The lowest BCUT2D eigenvalue weighted by Gasteiger charge is -2.21. The second-order valence-electron chi connectivity index (χ2n) is 2.61. The van der Waals surface area contributed by atoms with Crippen LogP contribution in [0.25, 0.3) is 0 Å². The zero-order chi connectivity index (χ0) is 11.5. The summed E-state index contributed by atoms with van der Waals surface area (Å²) in [7, 11) is 0. The summed E-state index contributed by atoms with van der Waals surface area (Å²) in [5, 5.41) is 16.3. The van der Waals surface area contributed by atoms with E-state index in [2.05, 4.69) is 0 Å². The van der Waals surface area contributed by atoms with E-state index in [9.17, 15) is 22.8 Å². The molecule has 0 saturated carbocycles. The molecule has 0 aromatic heterocycles. The van der Waals surface area contributed by atoms with Crippen molar-refractivity contribution in [1.29, 1.82) is 0 Å². The highest BCUT2D eigenvalue weighted by atomic mass is 19.4. The number of carbonyl (C=O) groups is 2. The highest BCUT2D eigenvalue weighted by Crippen LogP contribution is 2.30. The van der Waals surface area contributed by atoms with E-state index in [-0.39, 0.29) is 0 Å². The Labute approximate surface area is 76.3 Å². The minimum atomic E-state index is -4.93. The molecule has 0 amide bonds. The van der Waals surface area contributed by atoms with Gasteiger partial charge in [0, 0.05) is 0 Å². The number of nitrogens with two attached hydrogens (primary N) is 1. The summed E-state index contributed by atoms with van der Waals surface area (Å²) < 4.78 is 36.3. The van der Waals surface area contributed by atoms with Gasteiger partial charge in [-0.3, -0.25) is 9.59 Å². The summed E-state index contributed by atoms with van der Waals surface area (Å²) in [6.45, 7) is 0. The van der Waals surface area contributed by atoms with E-state index in [0.29, 0.717) is 0 Å². The third-order valence-corrected chi connectivity index (χ3v) is 1.53. The molecule has 0 aliphatic rings. The van der Waals surface area contributed by atoms with Crippen molar-refractivity contribution in [2.24, 2.45) is 11.7 Å². The third kappa shape index (κ3) is 3.60. The molecule has 0 rings (SSSR count). The number of hydrogen-bond donors (Lipinski definition) is 3. The molecule has 0 saturated heterocycles. The van der Waals surface area contributed by atoms with Crippen molar-refractivity contribution < 1.29 is 33.0 Å². The summed E-state index contributed by atoms with van der Waals surface area (Å²) in [4.78, 5) is 20.2. The molecule has 0 bridgehead atoms. The van der Waals surface area contributed by atoms with Gasteiger partial charge in [0.2, 0.25) is 0 Å². The van der Waals surface area contributed by atoms with Gasteiger partial charge in [-0.15, -0.1) is 0 Å². The van der Waals surface area contributed by atoms with Crippen molar-refractivity contribution in [2.75, 3.05) is 0 Å². The van der Waals surface area contributed by atoms with Gasteiger partial charge in [0.25, 0.3) is 0 Å². The first-order chi connectivity index (χ1) is 6.16. The van der Waals surface area contributed by atoms with Crippen LogP contribution in [0.3, 0.4) is 0 Å². The Morgan fingerprint density at radius 3 is 1.93 bits per heavy atom. The second kappa shape index (κ2) is 4.27. The molecule has 82 valence electrons. The minimum absolute atomic E-state index is 1.35. The highest BCUT2D eigenvalue weighted by molar-refractivity contribution is 5.75. The van der Waals surface area contributed by atoms with E-state index in [4.69, 9.17) is 15.9 Å². The number of alkyl halides is 3. The van der Waals surface area contributed by atoms with Crippen LogP contribution in [0.5, 0.6) is 0 Å². The minimum Gasteiger partial charge on any atom is -0.481 e. The van der Waals surface area contributed by atoms with Crippen LogP contribution in [-0.2, 0) is 9.59 Å². The number of aliphatic carboxylic acids is 2. The molecule has 0 spiro atoms. The normalized spacial score (nSPS) is 16.0. The van der Waals surface area contributed by atoms with Crippen LogP contribution in [0.15, 0.2) is 0 Å². The Balaban J connectivity index is 4.73. The Kier molecular flexibility index (Phi) is 3.87. The molecule has 0 unspecified atom stereocenters. The number of carboxylic acid groups (broad SMARTS) is 2. The van der Waals surface area contributed by atoms with Crippen molar-refractivity contribution in [3.63, 3.8) is 0 Å². The first kappa shape index (κ1) is 12.7. The predicted octanol–water partition coefficient (Wildman–Crippen LogP) is 0.0515. The lowest BCUT2D eigenvalue weighted by atomic mass is 9.96. The molecule has 0 aliphatic heterocycles. The Hall–Kier alpha value is -1.31. The lowest BCUT2D eigenvalue weighted by molar-refractivity contribution is -0.192.